The first kappa shape index (κ1) is 20.3. The van der Waals surface area contributed by atoms with E-state index < -0.39 is 12.1 Å². The summed E-state index contributed by atoms with van der Waals surface area (Å²) in [6.07, 6.45) is 0.841. The van der Waals surface area contributed by atoms with E-state index in [1.165, 1.54) is 7.11 Å². The highest BCUT2D eigenvalue weighted by molar-refractivity contribution is 6.14. The molecule has 152 valence electrons. The van der Waals surface area contributed by atoms with E-state index in [2.05, 4.69) is 0 Å². The van der Waals surface area contributed by atoms with Crippen molar-refractivity contribution in [3.63, 3.8) is 0 Å². The number of ketones is 1. The van der Waals surface area contributed by atoms with Gasteiger partial charge in [-0.15, -0.1) is 0 Å². The number of carbonyl (C=O) groups excluding carboxylic acids is 2. The van der Waals surface area contributed by atoms with Crippen molar-refractivity contribution in [2.45, 2.75) is 20.0 Å². The molecule has 0 N–H and O–H groups in total. The van der Waals surface area contributed by atoms with E-state index in [0.717, 1.165) is 0 Å². The highest BCUT2D eigenvalue weighted by Gasteiger charge is 2.28. The Bertz CT molecular complexity index is 962. The van der Waals surface area contributed by atoms with Crippen LogP contribution in [-0.4, -0.2) is 38.7 Å². The molecule has 29 heavy (non-hydrogen) atoms. The van der Waals surface area contributed by atoms with E-state index in [4.69, 9.17) is 23.7 Å². The molecule has 0 spiro atoms. The Morgan fingerprint density at radius 1 is 1.10 bits per heavy atom. The van der Waals surface area contributed by atoms with Gasteiger partial charge in [-0.2, -0.15) is 0 Å². The number of hydrogen-bond donors (Lipinski definition) is 0. The third kappa shape index (κ3) is 4.34. The molecule has 0 unspecified atom stereocenters. The summed E-state index contributed by atoms with van der Waals surface area (Å²) in [5.74, 6) is 1.40. The van der Waals surface area contributed by atoms with Gasteiger partial charge in [-0.05, 0) is 49.8 Å². The molecule has 0 aliphatic carbocycles. The van der Waals surface area contributed by atoms with Gasteiger partial charge in [0.25, 0.3) is 0 Å². The summed E-state index contributed by atoms with van der Waals surface area (Å²) in [6, 6.07) is 10.1. The van der Waals surface area contributed by atoms with E-state index in [1.54, 1.807) is 63.4 Å². The van der Waals surface area contributed by atoms with Crippen LogP contribution >= 0.6 is 0 Å². The summed E-state index contributed by atoms with van der Waals surface area (Å²) in [4.78, 5) is 24.3. The van der Waals surface area contributed by atoms with Gasteiger partial charge >= 0.3 is 5.97 Å². The topological polar surface area (TPSA) is 80.3 Å². The summed E-state index contributed by atoms with van der Waals surface area (Å²) in [5, 5.41) is 0. The smallest absolute Gasteiger partial charge is 0.347 e. The molecular formula is C22H22O7. The molecule has 3 rings (SSSR count). The molecule has 0 amide bonds. The fourth-order valence-corrected chi connectivity index (χ4v) is 2.82. The Kier molecular flexibility index (Phi) is 6.07. The fourth-order valence-electron chi connectivity index (χ4n) is 2.82. The van der Waals surface area contributed by atoms with Crippen LogP contribution in [0.1, 0.15) is 29.8 Å². The second-order valence-corrected chi connectivity index (χ2v) is 6.22. The zero-order valence-corrected chi connectivity index (χ0v) is 16.7. The summed E-state index contributed by atoms with van der Waals surface area (Å²) >= 11 is 0. The van der Waals surface area contributed by atoms with Crippen LogP contribution in [-0.2, 0) is 9.53 Å². The van der Waals surface area contributed by atoms with Gasteiger partial charge in [-0.1, -0.05) is 6.07 Å². The SMILES string of the molecule is CCOC(=O)[C@@H](C)Oc1ccc(/C=C2\Oc3cc(OC)ccc3C2=O)cc1OC. The molecule has 0 bridgehead atoms. The van der Waals surface area contributed by atoms with E-state index in [0.29, 0.717) is 34.1 Å². The number of hydrogen-bond acceptors (Lipinski definition) is 7. The minimum Gasteiger partial charge on any atom is -0.497 e. The maximum Gasteiger partial charge on any atom is 0.347 e. The number of methoxy groups -OCH3 is 2. The predicted molar refractivity (Wildman–Crippen MR) is 106 cm³/mol. The minimum atomic E-state index is -0.780. The lowest BCUT2D eigenvalue weighted by molar-refractivity contribution is -0.150. The average Bonchev–Trinajstić information content (AvgIpc) is 3.03. The Balaban J connectivity index is 1.82. The highest BCUT2D eigenvalue weighted by Crippen LogP contribution is 2.36. The Morgan fingerprint density at radius 2 is 1.90 bits per heavy atom. The number of Topliss-reactive ketones (excluding diaryl/α,β-unsaturated/α-hetero) is 1. The van der Waals surface area contributed by atoms with Gasteiger partial charge in [0, 0.05) is 6.07 Å². The molecule has 1 atom stereocenters. The molecule has 2 aromatic rings. The Hall–Kier alpha value is -3.48. The van der Waals surface area contributed by atoms with Crippen molar-refractivity contribution in [3.8, 4) is 23.0 Å². The maximum atomic E-state index is 12.6. The number of ether oxygens (including phenoxy) is 5. The first-order chi connectivity index (χ1) is 14.0. The Labute approximate surface area is 168 Å². The number of rotatable bonds is 7. The third-order valence-electron chi connectivity index (χ3n) is 4.28. The van der Waals surface area contributed by atoms with Crippen LogP contribution in [0.4, 0.5) is 0 Å². The lowest BCUT2D eigenvalue weighted by Crippen LogP contribution is -2.26. The summed E-state index contributed by atoms with van der Waals surface area (Å²) in [6.45, 7) is 3.61. The van der Waals surface area contributed by atoms with E-state index in [1.807, 2.05) is 0 Å². The zero-order chi connectivity index (χ0) is 21.0. The van der Waals surface area contributed by atoms with Crippen LogP contribution in [0.25, 0.3) is 6.08 Å². The van der Waals surface area contributed by atoms with Crippen molar-refractivity contribution in [3.05, 3.63) is 53.3 Å². The number of benzene rings is 2. The lowest BCUT2D eigenvalue weighted by Gasteiger charge is -2.16. The van der Waals surface area contributed by atoms with Crippen LogP contribution in [0.15, 0.2) is 42.2 Å². The number of fused-ring (bicyclic) bond motifs is 1. The van der Waals surface area contributed by atoms with Crippen molar-refractivity contribution in [2.75, 3.05) is 20.8 Å². The summed E-state index contributed by atoms with van der Waals surface area (Å²) < 4.78 is 26.8. The number of allylic oxidation sites excluding steroid dienone is 1. The second-order valence-electron chi connectivity index (χ2n) is 6.22. The molecule has 0 saturated carbocycles. The molecular weight excluding hydrogens is 376 g/mol. The van der Waals surface area contributed by atoms with Crippen LogP contribution in [0, 0.1) is 0 Å². The van der Waals surface area contributed by atoms with Crippen LogP contribution in [0.3, 0.4) is 0 Å². The highest BCUT2D eigenvalue weighted by atomic mass is 16.6. The quantitative estimate of drug-likeness (QED) is 0.520. The van der Waals surface area contributed by atoms with Crippen molar-refractivity contribution in [2.24, 2.45) is 0 Å². The van der Waals surface area contributed by atoms with Gasteiger partial charge in [0.05, 0.1) is 26.4 Å². The molecule has 7 nitrogen and oxygen atoms in total. The van der Waals surface area contributed by atoms with Gasteiger partial charge in [-0.3, -0.25) is 4.79 Å². The zero-order valence-electron chi connectivity index (χ0n) is 16.7. The fraction of sp³-hybridized carbons (Fsp3) is 0.273. The van der Waals surface area contributed by atoms with Gasteiger partial charge < -0.3 is 23.7 Å². The molecule has 7 heteroatoms. The van der Waals surface area contributed by atoms with Gasteiger partial charge in [0.1, 0.15) is 11.5 Å². The number of carbonyl (C=O) groups is 2. The van der Waals surface area contributed by atoms with Crippen LogP contribution in [0.2, 0.25) is 0 Å². The molecule has 0 fully saturated rings. The molecule has 2 aromatic carbocycles. The van der Waals surface area contributed by atoms with E-state index >= 15 is 0 Å². The van der Waals surface area contributed by atoms with Crippen LogP contribution < -0.4 is 18.9 Å². The van der Waals surface area contributed by atoms with Gasteiger partial charge in [0.2, 0.25) is 5.78 Å². The molecule has 1 heterocycles. The van der Waals surface area contributed by atoms with Crippen molar-refractivity contribution >= 4 is 17.8 Å². The second kappa shape index (κ2) is 8.68. The third-order valence-corrected chi connectivity index (χ3v) is 4.28. The standard InChI is InChI=1S/C22H22O7/c1-5-27-22(24)13(2)28-17-9-6-14(10-19(17)26-4)11-20-21(23)16-8-7-15(25-3)12-18(16)29-20/h6-13H,5H2,1-4H3/b20-11-/t13-/m1/s1. The van der Waals surface area contributed by atoms with Gasteiger partial charge in [0.15, 0.2) is 23.4 Å². The molecule has 1 aliphatic heterocycles. The average molecular weight is 398 g/mol. The summed E-state index contributed by atoms with van der Waals surface area (Å²) in [7, 11) is 3.04. The molecule has 0 aromatic heterocycles. The molecule has 1 aliphatic rings. The first-order valence-electron chi connectivity index (χ1n) is 9.10. The van der Waals surface area contributed by atoms with Crippen LogP contribution in [0.5, 0.6) is 23.0 Å². The monoisotopic (exact) mass is 398 g/mol. The van der Waals surface area contributed by atoms with E-state index in [9.17, 15) is 9.59 Å². The predicted octanol–water partition coefficient (Wildman–Crippen LogP) is 3.65. The van der Waals surface area contributed by atoms with Crippen molar-refractivity contribution in [1.82, 2.24) is 0 Å². The number of esters is 1. The molecule has 0 saturated heterocycles. The van der Waals surface area contributed by atoms with Gasteiger partial charge in [-0.25, -0.2) is 4.79 Å². The summed E-state index contributed by atoms with van der Waals surface area (Å²) in [5.41, 5.74) is 1.16. The Morgan fingerprint density at radius 3 is 2.59 bits per heavy atom. The normalized spacial score (nSPS) is 14.8. The lowest BCUT2D eigenvalue weighted by atomic mass is 10.1. The largest absolute Gasteiger partial charge is 0.497 e. The van der Waals surface area contributed by atoms with E-state index in [-0.39, 0.29) is 18.1 Å². The first-order valence-corrected chi connectivity index (χ1v) is 9.10. The van der Waals surface area contributed by atoms with Crippen molar-refractivity contribution < 1.29 is 33.3 Å². The molecule has 0 radical (unpaired) electrons. The maximum absolute atomic E-state index is 12.6. The minimum absolute atomic E-state index is 0.198. The van der Waals surface area contributed by atoms with Crippen molar-refractivity contribution in [1.29, 1.82) is 0 Å².